The third-order valence-electron chi connectivity index (χ3n) is 5.68. The summed E-state index contributed by atoms with van der Waals surface area (Å²) in [7, 11) is -3.20. The molecule has 6 nitrogen and oxygen atoms in total. The van der Waals surface area contributed by atoms with Crippen LogP contribution in [0.1, 0.15) is 23.7 Å². The van der Waals surface area contributed by atoms with E-state index in [-0.39, 0.29) is 30.7 Å². The van der Waals surface area contributed by atoms with E-state index in [1.807, 2.05) is 31.2 Å². The minimum absolute atomic E-state index is 0.0303. The van der Waals surface area contributed by atoms with Crippen LogP contribution >= 0.6 is 0 Å². The van der Waals surface area contributed by atoms with Gasteiger partial charge in [-0.25, -0.2) is 8.42 Å². The molecule has 3 heterocycles. The van der Waals surface area contributed by atoms with E-state index in [1.54, 1.807) is 17.2 Å². The topological polar surface area (TPSA) is 76.6 Å². The molecule has 138 valence electrons. The summed E-state index contributed by atoms with van der Waals surface area (Å²) in [6, 6.07) is 9.14. The van der Waals surface area contributed by atoms with Crippen molar-refractivity contribution in [3.8, 4) is 0 Å². The number of fused-ring (bicyclic) bond motifs is 1. The highest BCUT2D eigenvalue weighted by molar-refractivity contribution is 7.93. The summed E-state index contributed by atoms with van der Waals surface area (Å²) in [5, 5.41) is 0.899. The minimum atomic E-state index is -3.20. The molecule has 2 aliphatic rings. The summed E-state index contributed by atoms with van der Waals surface area (Å²) >= 11 is 0. The lowest BCUT2D eigenvalue weighted by molar-refractivity contribution is 0.0271. The molecular formula is C19H22N2O4S. The van der Waals surface area contributed by atoms with Crippen molar-refractivity contribution in [2.75, 3.05) is 32.1 Å². The molecule has 0 unspecified atom stereocenters. The van der Waals surface area contributed by atoms with Gasteiger partial charge >= 0.3 is 0 Å². The Morgan fingerprint density at radius 2 is 2.15 bits per heavy atom. The standard InChI is InChI=1S/C19H22N2O4S/c1-2-25-11-16-7-9-26(23,24)19(16)12-21(13-19)18(22)15-5-6-17-14(10-15)4-3-8-20-17/h3-6,8,10,16H,2,7,9,11-13H2,1H3/t16-/m1/s1. The number of benzene rings is 1. The lowest BCUT2D eigenvalue weighted by atomic mass is 9.83. The van der Waals surface area contributed by atoms with Crippen LogP contribution in [0, 0.1) is 5.92 Å². The average Bonchev–Trinajstić information content (AvgIpc) is 2.88. The molecule has 0 saturated carbocycles. The first-order valence-corrected chi connectivity index (χ1v) is 10.6. The highest BCUT2D eigenvalue weighted by Crippen LogP contribution is 2.45. The first kappa shape index (κ1) is 17.4. The first-order chi connectivity index (χ1) is 12.5. The molecule has 0 bridgehead atoms. The van der Waals surface area contributed by atoms with Crippen LogP contribution in [0.4, 0.5) is 0 Å². The molecule has 1 aromatic heterocycles. The monoisotopic (exact) mass is 374 g/mol. The van der Waals surface area contributed by atoms with Crippen molar-refractivity contribution < 1.29 is 17.9 Å². The normalized spacial score (nSPS) is 23.3. The van der Waals surface area contributed by atoms with Gasteiger partial charge in [0.2, 0.25) is 0 Å². The zero-order chi connectivity index (χ0) is 18.4. The number of rotatable bonds is 4. The van der Waals surface area contributed by atoms with Crippen LogP contribution in [0.15, 0.2) is 36.5 Å². The van der Waals surface area contributed by atoms with Crippen LogP contribution < -0.4 is 0 Å². The van der Waals surface area contributed by atoms with Crippen molar-refractivity contribution in [3.63, 3.8) is 0 Å². The van der Waals surface area contributed by atoms with Crippen molar-refractivity contribution in [1.29, 1.82) is 0 Å². The molecule has 0 radical (unpaired) electrons. The molecule has 2 aromatic rings. The van der Waals surface area contributed by atoms with E-state index in [2.05, 4.69) is 4.98 Å². The Balaban J connectivity index is 1.54. The zero-order valence-electron chi connectivity index (χ0n) is 14.7. The maximum atomic E-state index is 12.8. The van der Waals surface area contributed by atoms with E-state index in [0.717, 1.165) is 10.9 Å². The van der Waals surface area contributed by atoms with Crippen LogP contribution in [0.2, 0.25) is 0 Å². The Hall–Kier alpha value is -1.99. The van der Waals surface area contributed by atoms with Gasteiger partial charge in [-0.2, -0.15) is 0 Å². The Morgan fingerprint density at radius 3 is 2.92 bits per heavy atom. The molecule has 2 aliphatic heterocycles. The van der Waals surface area contributed by atoms with Gasteiger partial charge in [-0.1, -0.05) is 6.07 Å². The van der Waals surface area contributed by atoms with E-state index >= 15 is 0 Å². The molecule has 7 heteroatoms. The lowest BCUT2D eigenvalue weighted by Gasteiger charge is -2.49. The fourth-order valence-corrected chi connectivity index (χ4v) is 6.50. The van der Waals surface area contributed by atoms with E-state index < -0.39 is 14.6 Å². The van der Waals surface area contributed by atoms with E-state index in [1.165, 1.54) is 0 Å². The third kappa shape index (κ3) is 2.61. The molecular weight excluding hydrogens is 352 g/mol. The van der Waals surface area contributed by atoms with Gasteiger partial charge in [-0.05, 0) is 37.6 Å². The highest BCUT2D eigenvalue weighted by Gasteiger charge is 2.62. The Bertz CT molecular complexity index is 951. The number of aromatic nitrogens is 1. The maximum Gasteiger partial charge on any atom is 0.253 e. The van der Waals surface area contributed by atoms with Crippen LogP contribution in [-0.2, 0) is 14.6 Å². The molecule has 2 saturated heterocycles. The summed E-state index contributed by atoms with van der Waals surface area (Å²) in [6.07, 6.45) is 2.33. The zero-order valence-corrected chi connectivity index (χ0v) is 15.5. The number of pyridine rings is 1. The van der Waals surface area contributed by atoms with Crippen molar-refractivity contribution in [3.05, 3.63) is 42.1 Å². The van der Waals surface area contributed by atoms with Crippen molar-refractivity contribution in [1.82, 2.24) is 9.88 Å². The maximum absolute atomic E-state index is 12.8. The van der Waals surface area contributed by atoms with Gasteiger partial charge in [-0.3, -0.25) is 9.78 Å². The minimum Gasteiger partial charge on any atom is -0.381 e. The predicted octanol–water partition coefficient (Wildman–Crippen LogP) is 1.90. The Morgan fingerprint density at radius 1 is 1.35 bits per heavy atom. The molecule has 2 fully saturated rings. The summed E-state index contributed by atoms with van der Waals surface area (Å²) in [6.45, 7) is 3.44. The van der Waals surface area contributed by atoms with E-state index in [0.29, 0.717) is 25.2 Å². The summed E-state index contributed by atoms with van der Waals surface area (Å²) in [4.78, 5) is 18.7. The number of carbonyl (C=O) groups excluding carboxylic acids is 1. The van der Waals surface area contributed by atoms with Gasteiger partial charge in [0.25, 0.3) is 5.91 Å². The third-order valence-corrected chi connectivity index (χ3v) is 8.28. The van der Waals surface area contributed by atoms with Gasteiger partial charge in [-0.15, -0.1) is 0 Å². The van der Waals surface area contributed by atoms with Gasteiger partial charge < -0.3 is 9.64 Å². The van der Waals surface area contributed by atoms with E-state index in [4.69, 9.17) is 4.74 Å². The largest absolute Gasteiger partial charge is 0.381 e. The van der Waals surface area contributed by atoms with Gasteiger partial charge in [0.1, 0.15) is 4.75 Å². The molecule has 1 spiro atoms. The molecule has 1 atom stereocenters. The molecule has 26 heavy (non-hydrogen) atoms. The SMILES string of the molecule is CCOC[C@H]1CCS(=O)(=O)C12CN(C(=O)c1ccc3ncccc3c1)C2. The number of likely N-dealkylation sites (tertiary alicyclic amines) is 1. The molecule has 0 aliphatic carbocycles. The van der Waals surface area contributed by atoms with Gasteiger partial charge in [0.15, 0.2) is 9.84 Å². The van der Waals surface area contributed by atoms with E-state index in [9.17, 15) is 13.2 Å². The fourth-order valence-electron chi connectivity index (χ4n) is 4.10. The van der Waals surface area contributed by atoms with Crippen LogP contribution in [-0.4, -0.2) is 61.0 Å². The van der Waals surface area contributed by atoms with Crippen molar-refractivity contribution in [2.45, 2.75) is 18.1 Å². The van der Waals surface area contributed by atoms with Crippen LogP contribution in [0.3, 0.4) is 0 Å². The molecule has 0 N–H and O–H groups in total. The van der Waals surface area contributed by atoms with Gasteiger partial charge in [0.05, 0.1) is 17.9 Å². The molecule has 1 aromatic carbocycles. The lowest BCUT2D eigenvalue weighted by Crippen LogP contribution is -2.68. The average molecular weight is 374 g/mol. The molecule has 4 rings (SSSR count). The van der Waals surface area contributed by atoms with Crippen molar-refractivity contribution >= 4 is 26.6 Å². The second kappa shape index (κ2) is 6.32. The van der Waals surface area contributed by atoms with Crippen molar-refractivity contribution in [2.24, 2.45) is 5.92 Å². The Kier molecular flexibility index (Phi) is 4.23. The highest BCUT2D eigenvalue weighted by atomic mass is 32.2. The number of hydrogen-bond donors (Lipinski definition) is 0. The quantitative estimate of drug-likeness (QED) is 0.817. The molecule has 1 amide bonds. The number of hydrogen-bond acceptors (Lipinski definition) is 5. The van der Waals surface area contributed by atoms with Crippen LogP contribution in [0.5, 0.6) is 0 Å². The second-order valence-electron chi connectivity index (χ2n) is 7.10. The first-order valence-electron chi connectivity index (χ1n) is 8.91. The summed E-state index contributed by atoms with van der Waals surface area (Å²) in [5.41, 5.74) is 1.40. The predicted molar refractivity (Wildman–Crippen MR) is 98.8 cm³/mol. The second-order valence-corrected chi connectivity index (χ2v) is 9.55. The van der Waals surface area contributed by atoms with Gasteiger partial charge in [0, 0.05) is 42.8 Å². The smallest absolute Gasteiger partial charge is 0.253 e. The van der Waals surface area contributed by atoms with Crippen LogP contribution in [0.25, 0.3) is 10.9 Å². The number of amides is 1. The number of ether oxygens (including phenoxy) is 1. The number of nitrogens with zero attached hydrogens (tertiary/aromatic N) is 2. The number of carbonyl (C=O) groups is 1. The summed E-state index contributed by atoms with van der Waals surface area (Å²) < 4.78 is 29.9. The summed E-state index contributed by atoms with van der Waals surface area (Å²) in [5.74, 6) is 0.0324. The number of sulfone groups is 1. The fraction of sp³-hybridized carbons (Fsp3) is 0.474. The Labute approximate surface area is 153 Å².